The van der Waals surface area contributed by atoms with Crippen molar-refractivity contribution in [2.45, 2.75) is 30.4 Å². The fourth-order valence-corrected chi connectivity index (χ4v) is 9.09. The van der Waals surface area contributed by atoms with Crippen LogP contribution in [0.15, 0.2) is 158 Å². The third-order valence-corrected chi connectivity index (χ3v) is 12.5. The summed E-state index contributed by atoms with van der Waals surface area (Å²) in [5.74, 6) is -1.39. The topological polar surface area (TPSA) is 185 Å². The Morgan fingerprint density at radius 2 is 1.28 bits per heavy atom. The number of nitro groups is 1. The molecular formula is C54H50N4O11. The highest BCUT2D eigenvalue weighted by Gasteiger charge is 2.59. The lowest BCUT2D eigenvalue weighted by atomic mass is 9.65. The van der Waals surface area contributed by atoms with Crippen molar-refractivity contribution in [2.24, 2.45) is 0 Å². The summed E-state index contributed by atoms with van der Waals surface area (Å²) in [4.78, 5) is 63.3. The largest absolute Gasteiger partial charge is 0.497 e. The van der Waals surface area contributed by atoms with Gasteiger partial charge in [-0.2, -0.15) is 0 Å². The highest BCUT2D eigenvalue weighted by atomic mass is 16.6. The summed E-state index contributed by atoms with van der Waals surface area (Å²) in [5, 5.41) is 16.3. The van der Waals surface area contributed by atoms with Gasteiger partial charge < -0.3 is 39.2 Å². The molecule has 0 fully saturated rings. The summed E-state index contributed by atoms with van der Waals surface area (Å²) in [6, 6.07) is 48.4. The molecule has 15 nitrogen and oxygen atoms in total. The SMILES string of the molecule is COc1ccc2c(c1)C(C)(C)C1(C=Cc3cc([N+](=O)[O-])ccc3O1)N2CCOC(=O)COC(=O)CNC(=O)CNC(=O)COc1ccc(C(c2ccccc2)(c2ccccc2)c2ccccc2)cc1. The normalized spacial score (nSPS) is 15.2. The molecule has 69 heavy (non-hydrogen) atoms. The van der Waals surface area contributed by atoms with Crippen LogP contribution in [-0.4, -0.2) is 81.0 Å². The third-order valence-electron chi connectivity index (χ3n) is 12.5. The van der Waals surface area contributed by atoms with E-state index >= 15 is 0 Å². The van der Waals surface area contributed by atoms with Gasteiger partial charge in [0.05, 0.1) is 36.0 Å². The minimum atomic E-state index is -1.12. The second-order valence-electron chi connectivity index (χ2n) is 16.9. The Labute approximate surface area is 398 Å². The smallest absolute Gasteiger partial charge is 0.344 e. The molecule has 8 rings (SSSR count). The Morgan fingerprint density at radius 3 is 1.88 bits per heavy atom. The molecule has 0 aromatic heterocycles. The first-order chi connectivity index (χ1) is 33.3. The fraction of sp³-hybridized carbons (Fsp3) is 0.222. The van der Waals surface area contributed by atoms with Crippen LogP contribution in [0, 0.1) is 10.1 Å². The molecule has 15 heteroatoms. The van der Waals surface area contributed by atoms with Crippen molar-refractivity contribution in [1.29, 1.82) is 0 Å². The molecule has 6 aromatic carbocycles. The molecule has 0 bridgehead atoms. The van der Waals surface area contributed by atoms with Gasteiger partial charge in [0.15, 0.2) is 13.2 Å². The maximum Gasteiger partial charge on any atom is 0.344 e. The molecule has 2 amide bonds. The number of carbonyl (C=O) groups excluding carboxylic acids is 4. The predicted octanol–water partition coefficient (Wildman–Crippen LogP) is 7.28. The number of hydrogen-bond donors (Lipinski definition) is 2. The number of esters is 2. The van der Waals surface area contributed by atoms with Gasteiger partial charge in [0.1, 0.15) is 30.4 Å². The molecule has 1 spiro atoms. The van der Waals surface area contributed by atoms with Gasteiger partial charge in [-0.05, 0) is 90.2 Å². The number of non-ortho nitro benzene ring substituents is 1. The number of anilines is 1. The van der Waals surface area contributed by atoms with Gasteiger partial charge in [-0.25, -0.2) is 4.79 Å². The lowest BCUT2D eigenvalue weighted by Gasteiger charge is -2.47. The van der Waals surface area contributed by atoms with Crippen LogP contribution < -0.4 is 29.7 Å². The molecule has 1 unspecified atom stereocenters. The maximum atomic E-state index is 12.7. The van der Waals surface area contributed by atoms with Crippen molar-refractivity contribution in [3.8, 4) is 17.2 Å². The molecule has 0 radical (unpaired) electrons. The van der Waals surface area contributed by atoms with Crippen molar-refractivity contribution in [3.05, 3.63) is 201 Å². The van der Waals surface area contributed by atoms with Crippen molar-refractivity contribution >= 4 is 41.2 Å². The number of rotatable bonds is 18. The molecule has 352 valence electrons. The summed E-state index contributed by atoms with van der Waals surface area (Å²) in [7, 11) is 1.57. The number of methoxy groups -OCH3 is 1. The van der Waals surface area contributed by atoms with Crippen LogP contribution in [0.5, 0.6) is 17.2 Å². The molecular weight excluding hydrogens is 881 g/mol. The summed E-state index contributed by atoms with van der Waals surface area (Å²) in [6.45, 7) is 2.01. The first kappa shape index (κ1) is 47.0. The maximum absolute atomic E-state index is 12.7. The molecule has 0 aliphatic carbocycles. The summed E-state index contributed by atoms with van der Waals surface area (Å²) < 4.78 is 28.5. The van der Waals surface area contributed by atoms with Gasteiger partial charge in [-0.3, -0.25) is 24.5 Å². The number of hydrogen-bond acceptors (Lipinski definition) is 12. The van der Waals surface area contributed by atoms with Crippen LogP contribution in [0.25, 0.3) is 6.08 Å². The highest BCUT2D eigenvalue weighted by Crippen LogP contribution is 2.56. The van der Waals surface area contributed by atoms with Gasteiger partial charge in [0.25, 0.3) is 11.6 Å². The van der Waals surface area contributed by atoms with Crippen molar-refractivity contribution < 1.29 is 47.8 Å². The predicted molar refractivity (Wildman–Crippen MR) is 257 cm³/mol. The van der Waals surface area contributed by atoms with E-state index in [-0.39, 0.29) is 25.4 Å². The minimum Gasteiger partial charge on any atom is -0.497 e. The van der Waals surface area contributed by atoms with Gasteiger partial charge in [-0.15, -0.1) is 0 Å². The zero-order valence-electron chi connectivity index (χ0n) is 38.2. The van der Waals surface area contributed by atoms with Crippen LogP contribution in [-0.2, 0) is 39.5 Å². The standard InChI is InChI=1S/C54H50N4O11/c1-52(2)45-32-44(65-3)24-25-46(45)57(53(52)28-27-37-31-42(58(63)64)21-26-47(37)69-53)29-30-66-51(62)36-68-50(61)34-56-48(59)33-55-49(60)35-67-43-22-19-41(20-23-43)54(38-13-7-4-8-14-38,39-15-9-5-10-16-39)40-17-11-6-12-18-40/h4-28,31-32H,29-30,33-36H2,1-3H3,(H,55,60)(H,56,59). The summed E-state index contributed by atoms with van der Waals surface area (Å²) in [6.07, 6.45) is 3.63. The van der Waals surface area contributed by atoms with Crippen molar-refractivity contribution in [1.82, 2.24) is 10.6 Å². The zero-order chi connectivity index (χ0) is 48.6. The lowest BCUT2D eigenvalue weighted by Crippen LogP contribution is -2.60. The number of amides is 2. The lowest BCUT2D eigenvalue weighted by molar-refractivity contribution is -0.384. The van der Waals surface area contributed by atoms with E-state index in [1.54, 1.807) is 19.3 Å². The van der Waals surface area contributed by atoms with E-state index in [0.717, 1.165) is 33.5 Å². The second-order valence-corrected chi connectivity index (χ2v) is 16.9. The monoisotopic (exact) mass is 930 g/mol. The van der Waals surface area contributed by atoms with E-state index < -0.39 is 64.9 Å². The Bertz CT molecular complexity index is 2780. The number of carbonyl (C=O) groups is 4. The van der Waals surface area contributed by atoms with Gasteiger partial charge in [0, 0.05) is 23.4 Å². The van der Waals surface area contributed by atoms with E-state index in [1.165, 1.54) is 12.1 Å². The van der Waals surface area contributed by atoms with Crippen LogP contribution in [0.3, 0.4) is 0 Å². The van der Waals surface area contributed by atoms with E-state index in [2.05, 4.69) is 47.0 Å². The van der Waals surface area contributed by atoms with E-state index in [1.807, 2.05) is 122 Å². The van der Waals surface area contributed by atoms with E-state index in [9.17, 15) is 29.3 Å². The number of nitro benzene ring substituents is 1. The Kier molecular flexibility index (Phi) is 13.8. The quantitative estimate of drug-likeness (QED) is 0.0381. The van der Waals surface area contributed by atoms with Crippen LogP contribution in [0.4, 0.5) is 11.4 Å². The number of ether oxygens (including phenoxy) is 5. The molecule has 2 aliphatic heterocycles. The van der Waals surface area contributed by atoms with Crippen LogP contribution in [0.1, 0.15) is 47.2 Å². The fourth-order valence-electron chi connectivity index (χ4n) is 9.09. The zero-order valence-corrected chi connectivity index (χ0v) is 38.2. The van der Waals surface area contributed by atoms with Gasteiger partial charge in [-0.1, -0.05) is 103 Å². The summed E-state index contributed by atoms with van der Waals surface area (Å²) in [5.41, 5.74) is 3.99. The average Bonchev–Trinajstić information content (AvgIpc) is 3.55. The van der Waals surface area contributed by atoms with Gasteiger partial charge in [0.2, 0.25) is 11.6 Å². The first-order valence-electron chi connectivity index (χ1n) is 22.2. The molecule has 2 heterocycles. The number of nitrogens with one attached hydrogen (secondary N) is 2. The number of fused-ring (bicyclic) bond motifs is 2. The van der Waals surface area contributed by atoms with E-state index in [0.29, 0.717) is 22.8 Å². The first-order valence-corrected chi connectivity index (χ1v) is 22.2. The average molecular weight is 931 g/mol. The molecule has 6 aromatic rings. The number of nitrogens with zero attached hydrogens (tertiary/aromatic N) is 2. The third kappa shape index (κ3) is 9.57. The Hall–Kier alpha value is -8.46. The van der Waals surface area contributed by atoms with Crippen LogP contribution in [0.2, 0.25) is 0 Å². The molecule has 2 aliphatic rings. The minimum absolute atomic E-state index is 0.0669. The molecule has 0 saturated heterocycles. The second kappa shape index (κ2) is 20.2. The molecule has 2 N–H and O–H groups in total. The van der Waals surface area contributed by atoms with E-state index in [4.69, 9.17) is 23.7 Å². The number of benzene rings is 6. The van der Waals surface area contributed by atoms with Crippen molar-refractivity contribution in [3.63, 3.8) is 0 Å². The molecule has 1 atom stereocenters. The highest BCUT2D eigenvalue weighted by molar-refractivity contribution is 5.88. The van der Waals surface area contributed by atoms with Gasteiger partial charge >= 0.3 is 11.9 Å². The summed E-state index contributed by atoms with van der Waals surface area (Å²) >= 11 is 0. The van der Waals surface area contributed by atoms with Crippen LogP contribution >= 0.6 is 0 Å². The Balaban J connectivity index is 0.794. The van der Waals surface area contributed by atoms with Crippen molar-refractivity contribution in [2.75, 3.05) is 51.5 Å². The molecule has 0 saturated carbocycles. The Morgan fingerprint density at radius 1 is 0.681 bits per heavy atom.